The molecular formula is C20H21N3O3. The van der Waals surface area contributed by atoms with Crippen molar-refractivity contribution in [1.29, 1.82) is 0 Å². The fourth-order valence-corrected chi connectivity index (χ4v) is 3.05. The number of carbonyl (C=O) groups is 3. The van der Waals surface area contributed by atoms with E-state index in [4.69, 9.17) is 0 Å². The summed E-state index contributed by atoms with van der Waals surface area (Å²) in [5, 5.41) is 5.58. The smallest absolute Gasteiger partial charge is 0.229 e. The second-order valence-electron chi connectivity index (χ2n) is 6.50. The van der Waals surface area contributed by atoms with Crippen LogP contribution in [0.3, 0.4) is 0 Å². The van der Waals surface area contributed by atoms with Gasteiger partial charge in [0, 0.05) is 37.0 Å². The van der Waals surface area contributed by atoms with Crippen molar-refractivity contribution >= 4 is 34.8 Å². The first-order chi connectivity index (χ1) is 12.4. The fourth-order valence-electron chi connectivity index (χ4n) is 3.05. The molecule has 1 aliphatic heterocycles. The Morgan fingerprint density at radius 1 is 1.04 bits per heavy atom. The Kier molecular flexibility index (Phi) is 5.02. The Balaban J connectivity index is 1.70. The molecule has 6 nitrogen and oxygen atoms in total. The molecule has 0 bridgehead atoms. The molecule has 0 spiro atoms. The zero-order valence-corrected chi connectivity index (χ0v) is 14.8. The molecule has 3 rings (SSSR count). The third-order valence-electron chi connectivity index (χ3n) is 4.26. The monoisotopic (exact) mass is 351 g/mol. The van der Waals surface area contributed by atoms with E-state index < -0.39 is 5.92 Å². The number of hydrogen-bond donors (Lipinski definition) is 2. The van der Waals surface area contributed by atoms with E-state index in [2.05, 4.69) is 10.6 Å². The van der Waals surface area contributed by atoms with Crippen LogP contribution in [0.25, 0.3) is 0 Å². The van der Waals surface area contributed by atoms with E-state index in [1.54, 1.807) is 29.2 Å². The molecular weight excluding hydrogens is 330 g/mol. The lowest BCUT2D eigenvalue weighted by Crippen LogP contribution is -2.28. The van der Waals surface area contributed by atoms with E-state index in [0.29, 0.717) is 17.9 Å². The molecule has 0 aliphatic carbocycles. The molecule has 1 aliphatic rings. The van der Waals surface area contributed by atoms with Crippen molar-refractivity contribution in [3.63, 3.8) is 0 Å². The maximum absolute atomic E-state index is 12.5. The predicted octanol–water partition coefficient (Wildman–Crippen LogP) is 2.95. The molecule has 1 heterocycles. The van der Waals surface area contributed by atoms with E-state index in [1.165, 1.54) is 6.92 Å². The first-order valence-corrected chi connectivity index (χ1v) is 8.48. The van der Waals surface area contributed by atoms with Crippen LogP contribution in [0.5, 0.6) is 0 Å². The molecule has 2 N–H and O–H groups in total. The SMILES string of the molecule is CC(=O)Nc1cccc(N2CC(C(=O)Nc3cccc(C)c3)CC2=O)c1. The van der Waals surface area contributed by atoms with Gasteiger partial charge in [-0.3, -0.25) is 14.4 Å². The van der Waals surface area contributed by atoms with Gasteiger partial charge in [0.2, 0.25) is 17.7 Å². The Morgan fingerprint density at radius 3 is 2.42 bits per heavy atom. The van der Waals surface area contributed by atoms with Gasteiger partial charge in [-0.1, -0.05) is 18.2 Å². The van der Waals surface area contributed by atoms with Crippen molar-refractivity contribution in [3.05, 3.63) is 54.1 Å². The average molecular weight is 351 g/mol. The topological polar surface area (TPSA) is 78.5 Å². The van der Waals surface area contributed by atoms with Crippen LogP contribution in [0.1, 0.15) is 18.9 Å². The number of anilines is 3. The van der Waals surface area contributed by atoms with Gasteiger partial charge in [-0.05, 0) is 42.8 Å². The van der Waals surface area contributed by atoms with Gasteiger partial charge in [0.05, 0.1) is 5.92 Å². The van der Waals surface area contributed by atoms with Crippen LogP contribution in [-0.2, 0) is 14.4 Å². The van der Waals surface area contributed by atoms with Crippen LogP contribution in [0.15, 0.2) is 48.5 Å². The Hall–Kier alpha value is -3.15. The van der Waals surface area contributed by atoms with Crippen LogP contribution in [-0.4, -0.2) is 24.3 Å². The minimum absolute atomic E-state index is 0.102. The number of nitrogens with zero attached hydrogens (tertiary/aromatic N) is 1. The second-order valence-corrected chi connectivity index (χ2v) is 6.50. The number of carbonyl (C=O) groups excluding carboxylic acids is 3. The molecule has 2 aromatic carbocycles. The van der Waals surface area contributed by atoms with Crippen LogP contribution < -0.4 is 15.5 Å². The number of amides is 3. The second kappa shape index (κ2) is 7.39. The van der Waals surface area contributed by atoms with Gasteiger partial charge >= 0.3 is 0 Å². The maximum Gasteiger partial charge on any atom is 0.229 e. The maximum atomic E-state index is 12.5. The molecule has 1 unspecified atom stereocenters. The van der Waals surface area contributed by atoms with Crippen molar-refractivity contribution < 1.29 is 14.4 Å². The molecule has 2 aromatic rings. The van der Waals surface area contributed by atoms with E-state index in [0.717, 1.165) is 11.3 Å². The lowest BCUT2D eigenvalue weighted by atomic mass is 10.1. The highest BCUT2D eigenvalue weighted by Crippen LogP contribution is 2.28. The number of rotatable bonds is 4. The molecule has 0 aromatic heterocycles. The summed E-state index contributed by atoms with van der Waals surface area (Å²) in [5.74, 6) is -0.850. The van der Waals surface area contributed by atoms with Crippen LogP contribution in [0.4, 0.5) is 17.1 Å². The Labute approximate surface area is 152 Å². The first kappa shape index (κ1) is 17.7. The molecule has 6 heteroatoms. The molecule has 26 heavy (non-hydrogen) atoms. The first-order valence-electron chi connectivity index (χ1n) is 8.48. The summed E-state index contributed by atoms with van der Waals surface area (Å²) >= 11 is 0. The lowest BCUT2D eigenvalue weighted by Gasteiger charge is -2.18. The van der Waals surface area contributed by atoms with Crippen molar-refractivity contribution in [2.24, 2.45) is 5.92 Å². The van der Waals surface area contributed by atoms with Gasteiger partial charge in [0.15, 0.2) is 0 Å². The summed E-state index contributed by atoms with van der Waals surface area (Å²) in [4.78, 5) is 37.7. The summed E-state index contributed by atoms with van der Waals surface area (Å²) < 4.78 is 0. The van der Waals surface area contributed by atoms with Gasteiger partial charge in [0.1, 0.15) is 0 Å². The van der Waals surface area contributed by atoms with E-state index in [-0.39, 0.29) is 24.1 Å². The van der Waals surface area contributed by atoms with Gasteiger partial charge in [-0.2, -0.15) is 0 Å². The fraction of sp³-hybridized carbons (Fsp3) is 0.250. The Bertz CT molecular complexity index is 863. The number of nitrogens with one attached hydrogen (secondary N) is 2. The normalized spacial score (nSPS) is 16.5. The van der Waals surface area contributed by atoms with Gasteiger partial charge < -0.3 is 15.5 Å². The molecule has 0 radical (unpaired) electrons. The summed E-state index contributed by atoms with van der Waals surface area (Å²) in [6, 6.07) is 14.6. The third-order valence-corrected chi connectivity index (χ3v) is 4.26. The van der Waals surface area contributed by atoms with Crippen molar-refractivity contribution in [2.45, 2.75) is 20.3 Å². The van der Waals surface area contributed by atoms with Crippen molar-refractivity contribution in [3.8, 4) is 0 Å². The standard InChI is InChI=1S/C20H21N3O3/c1-13-5-3-6-16(9-13)22-20(26)15-10-19(25)23(12-15)18-8-4-7-17(11-18)21-14(2)24/h3-9,11,15H,10,12H2,1-2H3,(H,21,24)(H,22,26). The minimum Gasteiger partial charge on any atom is -0.326 e. The zero-order chi connectivity index (χ0) is 18.7. The molecule has 1 fully saturated rings. The molecule has 1 atom stereocenters. The van der Waals surface area contributed by atoms with Gasteiger partial charge in [-0.15, -0.1) is 0 Å². The third kappa shape index (κ3) is 4.08. The highest BCUT2D eigenvalue weighted by Gasteiger charge is 2.35. The van der Waals surface area contributed by atoms with Crippen LogP contribution in [0, 0.1) is 12.8 Å². The van der Waals surface area contributed by atoms with Crippen molar-refractivity contribution in [2.75, 3.05) is 22.1 Å². The summed E-state index contributed by atoms with van der Waals surface area (Å²) in [5.41, 5.74) is 3.08. The predicted molar refractivity (Wildman–Crippen MR) is 101 cm³/mol. The average Bonchev–Trinajstić information content (AvgIpc) is 2.96. The van der Waals surface area contributed by atoms with Gasteiger partial charge in [0.25, 0.3) is 0 Å². The molecule has 3 amide bonds. The summed E-state index contributed by atoms with van der Waals surface area (Å²) in [6.07, 6.45) is 0.169. The quantitative estimate of drug-likeness (QED) is 0.889. The van der Waals surface area contributed by atoms with E-state index >= 15 is 0 Å². The largest absolute Gasteiger partial charge is 0.326 e. The summed E-state index contributed by atoms with van der Waals surface area (Å²) in [7, 11) is 0. The Morgan fingerprint density at radius 2 is 1.73 bits per heavy atom. The minimum atomic E-state index is -0.410. The number of aryl methyl sites for hydroxylation is 1. The lowest BCUT2D eigenvalue weighted by molar-refractivity contribution is -0.122. The zero-order valence-electron chi connectivity index (χ0n) is 14.8. The van der Waals surface area contributed by atoms with E-state index in [1.807, 2.05) is 31.2 Å². The molecule has 134 valence electrons. The van der Waals surface area contributed by atoms with Crippen LogP contribution in [0.2, 0.25) is 0 Å². The van der Waals surface area contributed by atoms with Crippen LogP contribution >= 0.6 is 0 Å². The van der Waals surface area contributed by atoms with Gasteiger partial charge in [-0.25, -0.2) is 0 Å². The highest BCUT2D eigenvalue weighted by atomic mass is 16.2. The van der Waals surface area contributed by atoms with E-state index in [9.17, 15) is 14.4 Å². The number of hydrogen-bond acceptors (Lipinski definition) is 3. The van der Waals surface area contributed by atoms with Crippen molar-refractivity contribution in [1.82, 2.24) is 0 Å². The highest BCUT2D eigenvalue weighted by molar-refractivity contribution is 6.04. The molecule has 0 saturated carbocycles. The summed E-state index contributed by atoms with van der Waals surface area (Å²) in [6.45, 7) is 3.71. The molecule has 1 saturated heterocycles. The number of benzene rings is 2.